The third kappa shape index (κ3) is 9.47. The van der Waals surface area contributed by atoms with Crippen molar-refractivity contribution in [3.63, 3.8) is 0 Å². The number of rotatable bonds is 0. The molecule has 4 heteroatoms. The molecule has 0 aliphatic carbocycles. The Bertz CT molecular complexity index is 114. The van der Waals surface area contributed by atoms with Gasteiger partial charge in [0.1, 0.15) is 0 Å². The van der Waals surface area contributed by atoms with E-state index in [1.807, 2.05) is 0 Å². The van der Waals surface area contributed by atoms with Gasteiger partial charge in [0.2, 0.25) is 0 Å². The predicted octanol–water partition coefficient (Wildman–Crippen LogP) is 0.315. The summed E-state index contributed by atoms with van der Waals surface area (Å²) in [7, 11) is -0.986. The summed E-state index contributed by atoms with van der Waals surface area (Å²) in [6, 6.07) is 0. The lowest BCUT2D eigenvalue weighted by Gasteiger charge is -1.41. The molecule has 0 aromatic heterocycles. The molecule has 0 unspecified atom stereocenters. The van der Waals surface area contributed by atoms with Crippen molar-refractivity contribution >= 4 is 10.5 Å². The Morgan fingerprint density at radius 3 is 1.67 bits per heavy atom. The Kier molecular flexibility index (Phi) is 7.05. The van der Waals surface area contributed by atoms with E-state index in [4.69, 9.17) is 0 Å². The highest BCUT2D eigenvalue weighted by molar-refractivity contribution is 7.61. The summed E-state index contributed by atoms with van der Waals surface area (Å²) in [6.45, 7) is 0. The predicted molar refractivity (Wildman–Crippen MR) is 24.0 cm³/mol. The van der Waals surface area contributed by atoms with Crippen LogP contribution in [0.15, 0.2) is 4.36 Å². The van der Waals surface area contributed by atoms with Crippen molar-refractivity contribution < 1.29 is 8.42 Å². The molecular formula is C2H7NO2S. The third-order valence-corrected chi connectivity index (χ3v) is 0.447. The molecule has 0 radical (unpaired) electrons. The molecule has 3 nitrogen and oxygen atoms in total. The molecular weight excluding hydrogens is 102 g/mol. The quantitative estimate of drug-likeness (QED) is 0.449. The normalized spacial score (nSPS) is 5.50. The Labute approximate surface area is 38.7 Å². The summed E-state index contributed by atoms with van der Waals surface area (Å²) in [4.78, 5) is 0. The largest absolute Gasteiger partial charge is 0.310 e. The van der Waals surface area contributed by atoms with Crippen molar-refractivity contribution in [2.24, 2.45) is 4.36 Å². The maximum absolute atomic E-state index is 9.20. The van der Waals surface area contributed by atoms with E-state index in [1.165, 1.54) is 7.05 Å². The van der Waals surface area contributed by atoms with Crippen LogP contribution in [0.1, 0.15) is 7.43 Å². The van der Waals surface area contributed by atoms with Gasteiger partial charge in [0.25, 0.3) is 0 Å². The molecule has 0 bridgehead atoms. The smallest absolute Gasteiger partial charge is 0.175 e. The van der Waals surface area contributed by atoms with Gasteiger partial charge in [-0.05, 0) is 0 Å². The molecule has 38 valence electrons. The van der Waals surface area contributed by atoms with Crippen molar-refractivity contribution in [3.05, 3.63) is 0 Å². The topological polar surface area (TPSA) is 46.5 Å². The first-order valence-corrected chi connectivity index (χ1v) is 1.99. The second-order valence-corrected chi connectivity index (χ2v) is 1.20. The molecule has 0 saturated carbocycles. The van der Waals surface area contributed by atoms with Gasteiger partial charge in [-0.3, -0.25) is 0 Å². The number of hydrogen-bond donors (Lipinski definition) is 0. The van der Waals surface area contributed by atoms with Crippen LogP contribution in [0.3, 0.4) is 0 Å². The average molecular weight is 109 g/mol. The molecule has 0 fully saturated rings. The van der Waals surface area contributed by atoms with Crippen LogP contribution in [0.5, 0.6) is 0 Å². The van der Waals surface area contributed by atoms with Crippen LogP contribution in [0.4, 0.5) is 0 Å². The van der Waals surface area contributed by atoms with Crippen molar-refractivity contribution in [2.75, 3.05) is 7.05 Å². The Hall–Kier alpha value is -0.380. The first kappa shape index (κ1) is 9.15. The molecule has 0 N–H and O–H groups in total. The number of hydrogen-bond acceptors (Lipinski definition) is 3. The van der Waals surface area contributed by atoms with Gasteiger partial charge >= 0.3 is 10.5 Å². The van der Waals surface area contributed by atoms with Crippen molar-refractivity contribution in [3.8, 4) is 0 Å². The van der Waals surface area contributed by atoms with Crippen LogP contribution in [0.2, 0.25) is 0 Å². The fourth-order valence-corrected chi connectivity index (χ4v) is 0. The van der Waals surface area contributed by atoms with E-state index in [0.717, 1.165) is 0 Å². The second kappa shape index (κ2) is 4.62. The first-order chi connectivity index (χ1) is 2.27. The van der Waals surface area contributed by atoms with Crippen LogP contribution in [0.25, 0.3) is 0 Å². The minimum Gasteiger partial charge on any atom is -0.175 e. The van der Waals surface area contributed by atoms with Gasteiger partial charge in [0.15, 0.2) is 0 Å². The third-order valence-electron chi connectivity index (χ3n) is 0.149. The molecule has 0 atom stereocenters. The van der Waals surface area contributed by atoms with Gasteiger partial charge in [-0.1, -0.05) is 7.43 Å². The van der Waals surface area contributed by atoms with Crippen LogP contribution in [-0.2, 0) is 10.5 Å². The van der Waals surface area contributed by atoms with Crippen molar-refractivity contribution in [1.82, 2.24) is 0 Å². The van der Waals surface area contributed by atoms with Gasteiger partial charge < -0.3 is 0 Å². The van der Waals surface area contributed by atoms with E-state index < -0.39 is 10.5 Å². The summed E-state index contributed by atoms with van der Waals surface area (Å²) in [5, 5.41) is 0. The van der Waals surface area contributed by atoms with Crippen molar-refractivity contribution in [2.45, 2.75) is 7.43 Å². The van der Waals surface area contributed by atoms with Gasteiger partial charge in [0.05, 0.1) is 0 Å². The van der Waals surface area contributed by atoms with E-state index in [-0.39, 0.29) is 7.43 Å². The SMILES string of the molecule is C.CN=S(=O)=O. The van der Waals surface area contributed by atoms with Crippen LogP contribution >= 0.6 is 0 Å². The molecule has 0 aliphatic rings. The Balaban J connectivity index is 0. The van der Waals surface area contributed by atoms with E-state index in [0.29, 0.717) is 0 Å². The zero-order valence-corrected chi connectivity index (χ0v) is 3.49. The highest BCUT2D eigenvalue weighted by atomic mass is 32.2. The molecule has 6 heavy (non-hydrogen) atoms. The zero-order chi connectivity index (χ0) is 4.28. The molecule has 0 aliphatic heterocycles. The summed E-state index contributed by atoms with van der Waals surface area (Å²) >= 11 is 0. The van der Waals surface area contributed by atoms with Gasteiger partial charge in [-0.2, -0.15) is 12.8 Å². The number of nitrogens with zero attached hydrogens (tertiary/aromatic N) is 1. The lowest BCUT2D eigenvalue weighted by Crippen LogP contribution is -1.47. The molecule has 0 amide bonds. The average Bonchev–Trinajstić information content (AvgIpc) is 1.38. The molecule has 0 rings (SSSR count). The Morgan fingerprint density at radius 2 is 1.67 bits per heavy atom. The Morgan fingerprint density at radius 1 is 1.50 bits per heavy atom. The summed E-state index contributed by atoms with van der Waals surface area (Å²) in [6.07, 6.45) is 0. The second-order valence-electron chi connectivity index (χ2n) is 0.400. The van der Waals surface area contributed by atoms with Crippen LogP contribution in [0, 0.1) is 0 Å². The fraction of sp³-hybridized carbons (Fsp3) is 1.00. The van der Waals surface area contributed by atoms with Crippen molar-refractivity contribution in [1.29, 1.82) is 0 Å². The minimum atomic E-state index is -2.20. The summed E-state index contributed by atoms with van der Waals surface area (Å²) in [5.41, 5.74) is 0. The highest BCUT2D eigenvalue weighted by Gasteiger charge is 1.46. The standard InChI is InChI=1S/CH3NO2S.CH4/c1-2-5(3)4;/h1H3;1H4. The van der Waals surface area contributed by atoms with E-state index in [2.05, 4.69) is 4.36 Å². The molecule has 0 aromatic rings. The van der Waals surface area contributed by atoms with Gasteiger partial charge in [-0.15, -0.1) is 0 Å². The lowest BCUT2D eigenvalue weighted by atomic mass is 11.6. The maximum atomic E-state index is 9.20. The fourth-order valence-electron chi connectivity index (χ4n) is 0. The minimum absolute atomic E-state index is 0. The van der Waals surface area contributed by atoms with E-state index in [1.54, 1.807) is 0 Å². The molecule has 0 saturated heterocycles. The van der Waals surface area contributed by atoms with Gasteiger partial charge in [-0.25, -0.2) is 0 Å². The monoisotopic (exact) mass is 109 g/mol. The van der Waals surface area contributed by atoms with Crippen LogP contribution in [-0.4, -0.2) is 15.5 Å². The highest BCUT2D eigenvalue weighted by Crippen LogP contribution is 1.41. The maximum Gasteiger partial charge on any atom is 0.310 e. The molecule has 0 heterocycles. The lowest BCUT2D eigenvalue weighted by molar-refractivity contribution is 0.622. The zero-order valence-electron chi connectivity index (χ0n) is 2.67. The first-order valence-electron chi connectivity index (χ1n) is 0.963. The summed E-state index contributed by atoms with van der Waals surface area (Å²) in [5.74, 6) is 0. The van der Waals surface area contributed by atoms with E-state index in [9.17, 15) is 8.42 Å². The molecule has 0 aromatic carbocycles. The van der Waals surface area contributed by atoms with E-state index >= 15 is 0 Å². The van der Waals surface area contributed by atoms with Crippen LogP contribution < -0.4 is 0 Å². The van der Waals surface area contributed by atoms with Gasteiger partial charge in [0, 0.05) is 7.05 Å². The molecule has 0 spiro atoms. The summed E-state index contributed by atoms with van der Waals surface area (Å²) < 4.78 is 21.2.